The molecular weight excluding hydrogens is 212 g/mol. The van der Waals surface area contributed by atoms with Crippen molar-refractivity contribution in [2.45, 2.75) is 32.2 Å². The van der Waals surface area contributed by atoms with E-state index in [4.69, 9.17) is 0 Å². The van der Waals surface area contributed by atoms with Gasteiger partial charge >= 0.3 is 0 Å². The third kappa shape index (κ3) is 2.78. The molecule has 0 saturated heterocycles. The molecule has 2 atom stereocenters. The van der Waals surface area contributed by atoms with Gasteiger partial charge in [-0.15, -0.1) is 0 Å². The molecule has 1 aliphatic carbocycles. The smallest absolute Gasteiger partial charge is 0.251 e. The highest BCUT2D eigenvalue weighted by atomic mass is 16.1. The van der Waals surface area contributed by atoms with Gasteiger partial charge in [0.25, 0.3) is 5.91 Å². The molecule has 2 rings (SSSR count). The molecule has 2 unspecified atom stereocenters. The Kier molecular flexibility index (Phi) is 3.67. The molecule has 1 amide bonds. The average molecular weight is 232 g/mol. The minimum atomic E-state index is -0.0363. The maximum Gasteiger partial charge on any atom is 0.251 e. The van der Waals surface area contributed by atoms with Gasteiger partial charge in [-0.3, -0.25) is 4.79 Å². The Morgan fingerprint density at radius 2 is 1.94 bits per heavy atom. The number of nitrogens with one attached hydrogen (secondary N) is 2. The van der Waals surface area contributed by atoms with Gasteiger partial charge in [0.2, 0.25) is 0 Å². The lowest BCUT2D eigenvalue weighted by atomic mass is 10.1. The largest absolute Gasteiger partial charge is 0.382 e. The van der Waals surface area contributed by atoms with Gasteiger partial charge < -0.3 is 10.6 Å². The summed E-state index contributed by atoms with van der Waals surface area (Å²) in [5.74, 6) is 0.708. The first kappa shape index (κ1) is 12.0. The van der Waals surface area contributed by atoms with Crippen LogP contribution in [0.25, 0.3) is 0 Å². The maximum atomic E-state index is 11.4. The van der Waals surface area contributed by atoms with E-state index in [1.54, 1.807) is 7.05 Å². The first-order valence-corrected chi connectivity index (χ1v) is 6.29. The minimum absolute atomic E-state index is 0.0363. The molecule has 0 aromatic heterocycles. The van der Waals surface area contributed by atoms with Crippen molar-refractivity contribution in [3.63, 3.8) is 0 Å². The zero-order chi connectivity index (χ0) is 12.3. The van der Waals surface area contributed by atoms with E-state index in [0.29, 0.717) is 11.6 Å². The maximum absolute atomic E-state index is 11.4. The van der Waals surface area contributed by atoms with Crippen LogP contribution in [0.15, 0.2) is 24.3 Å². The number of rotatable bonds is 3. The molecule has 3 heteroatoms. The summed E-state index contributed by atoms with van der Waals surface area (Å²) in [6.45, 7) is 2.30. The number of benzene rings is 1. The molecule has 0 heterocycles. The quantitative estimate of drug-likeness (QED) is 0.841. The van der Waals surface area contributed by atoms with Crippen LogP contribution < -0.4 is 10.6 Å². The summed E-state index contributed by atoms with van der Waals surface area (Å²) in [5, 5.41) is 6.16. The van der Waals surface area contributed by atoms with Crippen molar-refractivity contribution in [1.82, 2.24) is 5.32 Å². The van der Waals surface area contributed by atoms with Gasteiger partial charge in [0.1, 0.15) is 0 Å². The molecule has 0 aliphatic heterocycles. The van der Waals surface area contributed by atoms with Gasteiger partial charge in [-0.2, -0.15) is 0 Å². The molecule has 1 fully saturated rings. The summed E-state index contributed by atoms with van der Waals surface area (Å²) in [5.41, 5.74) is 1.81. The summed E-state index contributed by atoms with van der Waals surface area (Å²) in [6, 6.07) is 8.27. The molecule has 1 aromatic carbocycles. The van der Waals surface area contributed by atoms with E-state index >= 15 is 0 Å². The first-order valence-electron chi connectivity index (χ1n) is 6.29. The molecule has 3 nitrogen and oxygen atoms in total. The van der Waals surface area contributed by atoms with Gasteiger partial charge in [0.15, 0.2) is 0 Å². The number of anilines is 1. The van der Waals surface area contributed by atoms with E-state index in [0.717, 1.165) is 11.6 Å². The summed E-state index contributed by atoms with van der Waals surface area (Å²) in [6.07, 6.45) is 3.88. The molecule has 17 heavy (non-hydrogen) atoms. The van der Waals surface area contributed by atoms with E-state index in [1.807, 2.05) is 24.3 Å². The number of hydrogen-bond donors (Lipinski definition) is 2. The van der Waals surface area contributed by atoms with Gasteiger partial charge in [-0.25, -0.2) is 0 Å². The lowest BCUT2D eigenvalue weighted by Gasteiger charge is -2.18. The topological polar surface area (TPSA) is 41.1 Å². The van der Waals surface area contributed by atoms with Crippen molar-refractivity contribution in [2.24, 2.45) is 5.92 Å². The van der Waals surface area contributed by atoms with Crippen LogP contribution in [0.2, 0.25) is 0 Å². The Hall–Kier alpha value is -1.51. The van der Waals surface area contributed by atoms with Gasteiger partial charge in [0.05, 0.1) is 0 Å². The van der Waals surface area contributed by atoms with Crippen LogP contribution in [0.3, 0.4) is 0 Å². The molecule has 0 spiro atoms. The highest BCUT2D eigenvalue weighted by Gasteiger charge is 2.22. The average Bonchev–Trinajstić information content (AvgIpc) is 2.75. The van der Waals surface area contributed by atoms with E-state index in [2.05, 4.69) is 17.6 Å². The van der Waals surface area contributed by atoms with E-state index in [1.165, 1.54) is 19.3 Å². The number of carbonyl (C=O) groups is 1. The van der Waals surface area contributed by atoms with Crippen LogP contribution in [-0.4, -0.2) is 19.0 Å². The molecule has 92 valence electrons. The zero-order valence-electron chi connectivity index (χ0n) is 10.5. The number of hydrogen-bond acceptors (Lipinski definition) is 2. The SMILES string of the molecule is CNC(=O)c1ccc(NC2CCCC2C)cc1. The van der Waals surface area contributed by atoms with Crippen molar-refractivity contribution < 1.29 is 4.79 Å². The second-order valence-corrected chi connectivity index (χ2v) is 4.82. The third-order valence-corrected chi connectivity index (χ3v) is 3.59. The van der Waals surface area contributed by atoms with Crippen molar-refractivity contribution >= 4 is 11.6 Å². The van der Waals surface area contributed by atoms with E-state index < -0.39 is 0 Å². The summed E-state index contributed by atoms with van der Waals surface area (Å²) < 4.78 is 0. The van der Waals surface area contributed by atoms with Crippen molar-refractivity contribution in [3.05, 3.63) is 29.8 Å². The van der Waals surface area contributed by atoms with Crippen molar-refractivity contribution in [2.75, 3.05) is 12.4 Å². The Morgan fingerprint density at radius 1 is 1.24 bits per heavy atom. The first-order chi connectivity index (χ1) is 8.20. The fourth-order valence-corrected chi connectivity index (χ4v) is 2.44. The van der Waals surface area contributed by atoms with Crippen LogP contribution >= 0.6 is 0 Å². The van der Waals surface area contributed by atoms with E-state index in [9.17, 15) is 4.79 Å². The van der Waals surface area contributed by atoms with E-state index in [-0.39, 0.29) is 5.91 Å². The molecular formula is C14H20N2O. The number of amides is 1. The number of carbonyl (C=O) groups excluding carboxylic acids is 1. The standard InChI is InChI=1S/C14H20N2O/c1-10-4-3-5-13(10)16-12-8-6-11(7-9-12)14(17)15-2/h6-10,13,16H,3-5H2,1-2H3,(H,15,17). The second-order valence-electron chi connectivity index (χ2n) is 4.82. The summed E-state index contributed by atoms with van der Waals surface area (Å²) in [7, 11) is 1.65. The Bertz CT molecular complexity index is 386. The minimum Gasteiger partial charge on any atom is -0.382 e. The molecule has 1 saturated carbocycles. The van der Waals surface area contributed by atoms with Gasteiger partial charge in [0, 0.05) is 24.3 Å². The summed E-state index contributed by atoms with van der Waals surface area (Å²) >= 11 is 0. The predicted octanol–water partition coefficient (Wildman–Crippen LogP) is 2.65. The highest BCUT2D eigenvalue weighted by Crippen LogP contribution is 2.27. The molecule has 0 bridgehead atoms. The normalized spacial score (nSPS) is 23.4. The third-order valence-electron chi connectivity index (χ3n) is 3.59. The van der Waals surface area contributed by atoms with Crippen LogP contribution in [0, 0.1) is 5.92 Å². The zero-order valence-corrected chi connectivity index (χ0v) is 10.5. The Labute approximate surface area is 103 Å². The predicted molar refractivity (Wildman–Crippen MR) is 70.3 cm³/mol. The molecule has 1 aromatic rings. The lowest BCUT2D eigenvalue weighted by Crippen LogP contribution is -2.22. The molecule has 1 aliphatic rings. The fraction of sp³-hybridized carbons (Fsp3) is 0.500. The Balaban J connectivity index is 2.00. The van der Waals surface area contributed by atoms with Crippen LogP contribution in [0.4, 0.5) is 5.69 Å². The fourth-order valence-electron chi connectivity index (χ4n) is 2.44. The van der Waals surface area contributed by atoms with Crippen LogP contribution in [-0.2, 0) is 0 Å². The Morgan fingerprint density at radius 3 is 2.47 bits per heavy atom. The van der Waals surface area contributed by atoms with Crippen LogP contribution in [0.5, 0.6) is 0 Å². The monoisotopic (exact) mass is 232 g/mol. The summed E-state index contributed by atoms with van der Waals surface area (Å²) in [4.78, 5) is 11.4. The second kappa shape index (κ2) is 5.21. The highest BCUT2D eigenvalue weighted by molar-refractivity contribution is 5.94. The van der Waals surface area contributed by atoms with Crippen LogP contribution in [0.1, 0.15) is 36.5 Å². The molecule has 2 N–H and O–H groups in total. The van der Waals surface area contributed by atoms with Gasteiger partial charge in [-0.05, 0) is 43.0 Å². The molecule has 0 radical (unpaired) electrons. The van der Waals surface area contributed by atoms with Gasteiger partial charge in [-0.1, -0.05) is 13.3 Å². The van der Waals surface area contributed by atoms with Crippen molar-refractivity contribution in [1.29, 1.82) is 0 Å². The lowest BCUT2D eigenvalue weighted by molar-refractivity contribution is 0.0963. The van der Waals surface area contributed by atoms with Crippen molar-refractivity contribution in [3.8, 4) is 0 Å².